The molecule has 1 aliphatic heterocycles. The highest BCUT2D eigenvalue weighted by molar-refractivity contribution is 5.85. The van der Waals surface area contributed by atoms with Crippen LogP contribution in [-0.4, -0.2) is 78.0 Å². The molecule has 0 unspecified atom stereocenters. The third-order valence-electron chi connectivity index (χ3n) is 5.61. The van der Waals surface area contributed by atoms with Gasteiger partial charge in [0.15, 0.2) is 28.5 Å². The van der Waals surface area contributed by atoms with Gasteiger partial charge in [0, 0.05) is 38.2 Å². The first kappa shape index (κ1) is 22.3. The first-order chi connectivity index (χ1) is 15.5. The Bertz CT molecular complexity index is 1080. The highest BCUT2D eigenvalue weighted by Gasteiger charge is 2.21. The monoisotopic (exact) mass is 440 g/mol. The van der Waals surface area contributed by atoms with Gasteiger partial charge in [0.1, 0.15) is 11.6 Å². The lowest BCUT2D eigenvalue weighted by Gasteiger charge is -2.26. The summed E-state index contributed by atoms with van der Waals surface area (Å²) in [5.74, 6) is 3.92. The number of anilines is 1. The van der Waals surface area contributed by atoms with E-state index in [1.807, 2.05) is 25.1 Å². The average Bonchev–Trinajstić information content (AvgIpc) is 3.19. The molecule has 0 aliphatic carbocycles. The van der Waals surface area contributed by atoms with E-state index in [1.165, 1.54) is 0 Å². The normalized spacial score (nSPS) is 14.8. The summed E-state index contributed by atoms with van der Waals surface area (Å²) in [6.07, 6.45) is 0. The summed E-state index contributed by atoms with van der Waals surface area (Å²) in [5.41, 5.74) is 2.48. The topological polar surface area (TPSA) is 86.6 Å². The molecule has 1 aromatic carbocycles. The first-order valence-corrected chi connectivity index (χ1v) is 11.0. The van der Waals surface area contributed by atoms with Crippen LogP contribution < -0.4 is 14.8 Å². The number of nitrogens with one attached hydrogen (secondary N) is 1. The van der Waals surface area contributed by atoms with Crippen LogP contribution in [0.5, 0.6) is 11.5 Å². The van der Waals surface area contributed by atoms with Gasteiger partial charge in [-0.25, -0.2) is 15.0 Å². The summed E-state index contributed by atoms with van der Waals surface area (Å²) < 4.78 is 18.5. The third-order valence-corrected chi connectivity index (χ3v) is 5.61. The van der Waals surface area contributed by atoms with Crippen molar-refractivity contribution in [3.63, 3.8) is 0 Å². The lowest BCUT2D eigenvalue weighted by atomic mass is 10.2. The van der Waals surface area contributed by atoms with Crippen molar-refractivity contribution >= 4 is 17.0 Å². The van der Waals surface area contributed by atoms with Crippen molar-refractivity contribution in [1.82, 2.24) is 24.4 Å². The SMILES string of the molecule is COc1ccc(-n2c(C(C)C)nc3c(NCCN4CCOCC4)nc(C)nc32)cc1OC. The predicted octanol–water partition coefficient (Wildman–Crippen LogP) is 3.01. The number of nitrogens with zero attached hydrogens (tertiary/aromatic N) is 5. The Labute approximate surface area is 188 Å². The Morgan fingerprint density at radius 1 is 1.06 bits per heavy atom. The van der Waals surface area contributed by atoms with E-state index in [-0.39, 0.29) is 5.92 Å². The number of imidazole rings is 1. The van der Waals surface area contributed by atoms with Gasteiger partial charge in [0.05, 0.1) is 33.1 Å². The van der Waals surface area contributed by atoms with E-state index in [9.17, 15) is 0 Å². The molecule has 9 nitrogen and oxygen atoms in total. The maximum atomic E-state index is 5.53. The summed E-state index contributed by atoms with van der Waals surface area (Å²) in [5, 5.41) is 3.49. The quantitative estimate of drug-likeness (QED) is 0.572. The summed E-state index contributed by atoms with van der Waals surface area (Å²) in [6.45, 7) is 11.4. The molecule has 1 fully saturated rings. The number of aryl methyl sites for hydroxylation is 1. The van der Waals surface area contributed by atoms with Gasteiger partial charge in [-0.3, -0.25) is 9.47 Å². The summed E-state index contributed by atoms with van der Waals surface area (Å²) in [7, 11) is 3.27. The molecule has 2 aromatic heterocycles. The lowest BCUT2D eigenvalue weighted by Crippen LogP contribution is -2.39. The smallest absolute Gasteiger partial charge is 0.170 e. The summed E-state index contributed by atoms with van der Waals surface area (Å²) in [4.78, 5) is 16.8. The number of fused-ring (bicyclic) bond motifs is 1. The zero-order chi connectivity index (χ0) is 22.7. The molecule has 4 rings (SSSR count). The van der Waals surface area contributed by atoms with Gasteiger partial charge in [0.25, 0.3) is 0 Å². The Morgan fingerprint density at radius 3 is 2.50 bits per heavy atom. The average molecular weight is 441 g/mol. The molecule has 0 amide bonds. The van der Waals surface area contributed by atoms with E-state index >= 15 is 0 Å². The number of hydrogen-bond donors (Lipinski definition) is 1. The molecule has 32 heavy (non-hydrogen) atoms. The van der Waals surface area contributed by atoms with Crippen LogP contribution in [0.4, 0.5) is 5.82 Å². The molecule has 0 spiro atoms. The van der Waals surface area contributed by atoms with E-state index < -0.39 is 0 Å². The Hall–Kier alpha value is -2.91. The van der Waals surface area contributed by atoms with Crippen LogP contribution in [0.2, 0.25) is 0 Å². The number of benzene rings is 1. The lowest BCUT2D eigenvalue weighted by molar-refractivity contribution is 0.0398. The maximum absolute atomic E-state index is 5.53. The Balaban J connectivity index is 1.72. The van der Waals surface area contributed by atoms with Crippen LogP contribution in [0.15, 0.2) is 18.2 Å². The van der Waals surface area contributed by atoms with Crippen LogP contribution in [0.3, 0.4) is 0 Å². The molecule has 0 saturated carbocycles. The van der Waals surface area contributed by atoms with Crippen LogP contribution in [0, 0.1) is 6.92 Å². The Morgan fingerprint density at radius 2 is 1.81 bits per heavy atom. The molecular weight excluding hydrogens is 408 g/mol. The zero-order valence-electron chi connectivity index (χ0n) is 19.5. The van der Waals surface area contributed by atoms with Crippen LogP contribution in [-0.2, 0) is 4.74 Å². The van der Waals surface area contributed by atoms with Crippen LogP contribution in [0.25, 0.3) is 16.9 Å². The number of ether oxygens (including phenoxy) is 3. The highest BCUT2D eigenvalue weighted by atomic mass is 16.5. The van der Waals surface area contributed by atoms with E-state index in [2.05, 4.69) is 33.6 Å². The Kier molecular flexibility index (Phi) is 6.76. The van der Waals surface area contributed by atoms with Gasteiger partial charge in [-0.05, 0) is 19.1 Å². The number of rotatable bonds is 8. The second-order valence-electron chi connectivity index (χ2n) is 8.17. The largest absolute Gasteiger partial charge is 0.493 e. The first-order valence-electron chi connectivity index (χ1n) is 11.0. The molecule has 9 heteroatoms. The molecule has 0 bridgehead atoms. The van der Waals surface area contributed by atoms with Crippen molar-refractivity contribution in [2.45, 2.75) is 26.7 Å². The molecule has 3 heterocycles. The number of methoxy groups -OCH3 is 2. The predicted molar refractivity (Wildman–Crippen MR) is 124 cm³/mol. The minimum Gasteiger partial charge on any atom is -0.493 e. The van der Waals surface area contributed by atoms with Gasteiger partial charge < -0.3 is 19.5 Å². The van der Waals surface area contributed by atoms with Crippen LogP contribution in [0.1, 0.15) is 31.4 Å². The van der Waals surface area contributed by atoms with E-state index in [4.69, 9.17) is 24.2 Å². The molecule has 172 valence electrons. The van der Waals surface area contributed by atoms with Gasteiger partial charge in [-0.15, -0.1) is 0 Å². The van der Waals surface area contributed by atoms with E-state index in [0.29, 0.717) is 17.3 Å². The fourth-order valence-electron chi connectivity index (χ4n) is 3.97. The minimum atomic E-state index is 0.193. The van der Waals surface area contributed by atoms with Crippen LogP contribution >= 0.6 is 0 Å². The fraction of sp³-hybridized carbons (Fsp3) is 0.522. The zero-order valence-corrected chi connectivity index (χ0v) is 19.5. The second-order valence-corrected chi connectivity index (χ2v) is 8.17. The van der Waals surface area contributed by atoms with Crippen molar-refractivity contribution in [2.24, 2.45) is 0 Å². The van der Waals surface area contributed by atoms with Crippen molar-refractivity contribution in [3.8, 4) is 17.2 Å². The molecule has 1 aliphatic rings. The molecule has 1 N–H and O–H groups in total. The standard InChI is InChI=1S/C23H32N6O3/c1-15(2)22-27-20-21(24-8-9-28-10-12-32-13-11-28)25-16(3)26-23(20)29(22)17-6-7-18(30-4)19(14-17)31-5/h6-7,14-15H,8-13H2,1-5H3,(H,24,25,26). The van der Waals surface area contributed by atoms with Crippen molar-refractivity contribution in [1.29, 1.82) is 0 Å². The second kappa shape index (κ2) is 9.70. The maximum Gasteiger partial charge on any atom is 0.170 e. The molecule has 0 atom stereocenters. The summed E-state index contributed by atoms with van der Waals surface area (Å²) >= 11 is 0. The number of hydrogen-bond acceptors (Lipinski definition) is 8. The third kappa shape index (κ3) is 4.49. The minimum absolute atomic E-state index is 0.193. The molecular formula is C23H32N6O3. The van der Waals surface area contributed by atoms with Crippen molar-refractivity contribution in [2.75, 3.05) is 58.9 Å². The van der Waals surface area contributed by atoms with E-state index in [0.717, 1.165) is 67.9 Å². The van der Waals surface area contributed by atoms with E-state index in [1.54, 1.807) is 14.2 Å². The summed E-state index contributed by atoms with van der Waals surface area (Å²) in [6, 6.07) is 5.85. The van der Waals surface area contributed by atoms with Gasteiger partial charge in [-0.2, -0.15) is 0 Å². The number of morpholine rings is 1. The molecule has 0 radical (unpaired) electrons. The van der Waals surface area contributed by atoms with Crippen molar-refractivity contribution < 1.29 is 14.2 Å². The number of aromatic nitrogens is 4. The molecule has 3 aromatic rings. The van der Waals surface area contributed by atoms with Crippen molar-refractivity contribution in [3.05, 3.63) is 29.8 Å². The van der Waals surface area contributed by atoms with Gasteiger partial charge in [0.2, 0.25) is 0 Å². The van der Waals surface area contributed by atoms with Gasteiger partial charge in [-0.1, -0.05) is 13.8 Å². The van der Waals surface area contributed by atoms with Gasteiger partial charge >= 0.3 is 0 Å². The molecule has 1 saturated heterocycles. The fourth-order valence-corrected chi connectivity index (χ4v) is 3.97. The highest BCUT2D eigenvalue weighted by Crippen LogP contribution is 2.33.